The Morgan fingerprint density at radius 1 is 1.28 bits per heavy atom. The monoisotopic (exact) mass is 253 g/mol. The van der Waals surface area contributed by atoms with E-state index in [4.69, 9.17) is 0 Å². The van der Waals surface area contributed by atoms with Gasteiger partial charge in [-0.25, -0.2) is 8.78 Å². The van der Waals surface area contributed by atoms with Gasteiger partial charge in [-0.2, -0.15) is 0 Å². The normalized spacial score (nSPS) is 17.8. The molecule has 0 radical (unpaired) electrons. The summed E-state index contributed by atoms with van der Waals surface area (Å²) in [7, 11) is 0. The maximum atomic E-state index is 12.4. The van der Waals surface area contributed by atoms with Crippen LogP contribution in [0, 0.1) is 0 Å². The summed E-state index contributed by atoms with van der Waals surface area (Å²) in [6.07, 6.45) is -0.230. The van der Waals surface area contributed by atoms with Crippen molar-refractivity contribution in [2.45, 2.75) is 45.6 Å². The number of hydrogen-bond donors (Lipinski definition) is 0. The van der Waals surface area contributed by atoms with Crippen molar-refractivity contribution >= 4 is 0 Å². The standard InChI is InChI=1S/C15H21F2N/c1-3-11(2)13-5-4-12-6-7-18(10-15(16)17)9-14(12)8-13/h4-5,8,11,15H,3,6-7,9-10H2,1-2H3. The molecule has 100 valence electrons. The molecular formula is C15H21F2N. The van der Waals surface area contributed by atoms with Gasteiger partial charge in [0, 0.05) is 13.1 Å². The van der Waals surface area contributed by atoms with E-state index in [0.717, 1.165) is 19.4 Å². The molecule has 1 unspecified atom stereocenters. The lowest BCUT2D eigenvalue weighted by molar-refractivity contribution is 0.0820. The topological polar surface area (TPSA) is 3.24 Å². The Bertz CT molecular complexity index is 403. The van der Waals surface area contributed by atoms with Crippen LogP contribution in [-0.4, -0.2) is 24.4 Å². The largest absolute Gasteiger partial charge is 0.293 e. The van der Waals surface area contributed by atoms with Gasteiger partial charge in [-0.1, -0.05) is 32.0 Å². The highest BCUT2D eigenvalue weighted by Gasteiger charge is 2.19. The minimum absolute atomic E-state index is 0.104. The van der Waals surface area contributed by atoms with E-state index >= 15 is 0 Å². The van der Waals surface area contributed by atoms with Crippen LogP contribution in [0.4, 0.5) is 8.78 Å². The Morgan fingerprint density at radius 2 is 2.06 bits per heavy atom. The van der Waals surface area contributed by atoms with Gasteiger partial charge in [0.1, 0.15) is 0 Å². The van der Waals surface area contributed by atoms with E-state index < -0.39 is 6.43 Å². The zero-order chi connectivity index (χ0) is 13.1. The first-order valence-electron chi connectivity index (χ1n) is 6.72. The number of hydrogen-bond acceptors (Lipinski definition) is 1. The molecule has 1 aromatic carbocycles. The van der Waals surface area contributed by atoms with Crippen molar-refractivity contribution in [1.82, 2.24) is 4.90 Å². The predicted molar refractivity (Wildman–Crippen MR) is 70.1 cm³/mol. The molecule has 1 heterocycles. The minimum Gasteiger partial charge on any atom is -0.293 e. The molecule has 1 aromatic rings. The number of halogens is 2. The van der Waals surface area contributed by atoms with Gasteiger partial charge in [-0.3, -0.25) is 4.90 Å². The van der Waals surface area contributed by atoms with E-state index in [-0.39, 0.29) is 6.54 Å². The van der Waals surface area contributed by atoms with Crippen LogP contribution in [0.2, 0.25) is 0 Å². The van der Waals surface area contributed by atoms with Gasteiger partial charge in [0.05, 0.1) is 6.54 Å². The third kappa shape index (κ3) is 3.08. The average Bonchev–Trinajstić information content (AvgIpc) is 2.36. The molecule has 3 heteroatoms. The lowest BCUT2D eigenvalue weighted by Gasteiger charge is -2.29. The number of rotatable bonds is 4. The zero-order valence-corrected chi connectivity index (χ0v) is 11.1. The second-order valence-electron chi connectivity index (χ2n) is 5.21. The molecule has 0 amide bonds. The molecule has 1 aliphatic rings. The second-order valence-corrected chi connectivity index (χ2v) is 5.21. The highest BCUT2D eigenvalue weighted by molar-refractivity contribution is 5.35. The Kier molecular flexibility index (Phi) is 4.33. The molecule has 1 nitrogen and oxygen atoms in total. The van der Waals surface area contributed by atoms with Gasteiger partial charge in [-0.15, -0.1) is 0 Å². The Balaban J connectivity index is 2.14. The SMILES string of the molecule is CCC(C)c1ccc2c(c1)CN(CC(F)F)CC2. The van der Waals surface area contributed by atoms with Gasteiger partial charge in [-0.05, 0) is 35.4 Å². The van der Waals surface area contributed by atoms with Crippen molar-refractivity contribution in [3.8, 4) is 0 Å². The van der Waals surface area contributed by atoms with Crippen LogP contribution in [0.15, 0.2) is 18.2 Å². The summed E-state index contributed by atoms with van der Waals surface area (Å²) in [4.78, 5) is 1.85. The van der Waals surface area contributed by atoms with Crippen LogP contribution in [-0.2, 0) is 13.0 Å². The summed E-state index contributed by atoms with van der Waals surface area (Å²) in [6, 6.07) is 6.58. The molecule has 0 bridgehead atoms. The fourth-order valence-corrected chi connectivity index (χ4v) is 2.53. The molecule has 0 fully saturated rings. The van der Waals surface area contributed by atoms with Crippen molar-refractivity contribution in [2.24, 2.45) is 0 Å². The smallest absolute Gasteiger partial charge is 0.251 e. The molecule has 1 aliphatic heterocycles. The molecule has 0 aromatic heterocycles. The van der Waals surface area contributed by atoms with Crippen LogP contribution in [0.3, 0.4) is 0 Å². The molecule has 18 heavy (non-hydrogen) atoms. The third-order valence-electron chi connectivity index (χ3n) is 3.90. The fraction of sp³-hybridized carbons (Fsp3) is 0.600. The summed E-state index contributed by atoms with van der Waals surface area (Å²) >= 11 is 0. The first kappa shape index (κ1) is 13.5. The molecule has 0 saturated carbocycles. The first-order valence-corrected chi connectivity index (χ1v) is 6.72. The maximum absolute atomic E-state index is 12.4. The van der Waals surface area contributed by atoms with Gasteiger partial charge in [0.15, 0.2) is 0 Å². The van der Waals surface area contributed by atoms with Gasteiger partial charge in [0.25, 0.3) is 6.43 Å². The summed E-state index contributed by atoms with van der Waals surface area (Å²) < 4.78 is 24.8. The van der Waals surface area contributed by atoms with Gasteiger partial charge in [0.2, 0.25) is 0 Å². The zero-order valence-electron chi connectivity index (χ0n) is 11.1. The van der Waals surface area contributed by atoms with Crippen LogP contribution >= 0.6 is 0 Å². The van der Waals surface area contributed by atoms with Crippen molar-refractivity contribution in [2.75, 3.05) is 13.1 Å². The van der Waals surface area contributed by atoms with E-state index in [9.17, 15) is 8.78 Å². The average molecular weight is 253 g/mol. The third-order valence-corrected chi connectivity index (χ3v) is 3.90. The maximum Gasteiger partial charge on any atom is 0.251 e. The van der Waals surface area contributed by atoms with E-state index in [0.29, 0.717) is 12.5 Å². The van der Waals surface area contributed by atoms with Crippen molar-refractivity contribution in [3.05, 3.63) is 34.9 Å². The molecule has 0 aliphatic carbocycles. The quantitative estimate of drug-likeness (QED) is 0.788. The molecule has 1 atom stereocenters. The summed E-state index contributed by atoms with van der Waals surface area (Å²) in [5.74, 6) is 0.542. The number of benzene rings is 1. The predicted octanol–water partition coefficient (Wildman–Crippen LogP) is 3.82. The lowest BCUT2D eigenvalue weighted by atomic mass is 9.91. The lowest BCUT2D eigenvalue weighted by Crippen LogP contribution is -2.34. The number of alkyl halides is 2. The van der Waals surface area contributed by atoms with Crippen molar-refractivity contribution < 1.29 is 8.78 Å². The van der Waals surface area contributed by atoms with E-state index in [1.165, 1.54) is 16.7 Å². The summed E-state index contributed by atoms with van der Waals surface area (Å²) in [5.41, 5.74) is 3.89. The van der Waals surface area contributed by atoms with Gasteiger partial charge < -0.3 is 0 Å². The number of fused-ring (bicyclic) bond motifs is 1. The summed E-state index contributed by atoms with van der Waals surface area (Å²) in [6.45, 7) is 5.70. The van der Waals surface area contributed by atoms with Crippen LogP contribution < -0.4 is 0 Å². The van der Waals surface area contributed by atoms with Crippen LogP contribution in [0.25, 0.3) is 0 Å². The molecule has 0 spiro atoms. The van der Waals surface area contributed by atoms with Crippen LogP contribution in [0.5, 0.6) is 0 Å². The Hall–Kier alpha value is -0.960. The summed E-state index contributed by atoms with van der Waals surface area (Å²) in [5, 5.41) is 0. The Labute approximate surface area is 108 Å². The van der Waals surface area contributed by atoms with Crippen molar-refractivity contribution in [1.29, 1.82) is 0 Å². The van der Waals surface area contributed by atoms with Crippen molar-refractivity contribution in [3.63, 3.8) is 0 Å². The highest BCUT2D eigenvalue weighted by atomic mass is 19.3. The van der Waals surface area contributed by atoms with E-state index in [2.05, 4.69) is 32.0 Å². The number of nitrogens with zero attached hydrogens (tertiary/aromatic N) is 1. The Morgan fingerprint density at radius 3 is 2.72 bits per heavy atom. The van der Waals surface area contributed by atoms with Crippen LogP contribution in [0.1, 0.15) is 42.9 Å². The second kappa shape index (κ2) is 5.79. The van der Waals surface area contributed by atoms with E-state index in [1.807, 2.05) is 4.90 Å². The van der Waals surface area contributed by atoms with E-state index in [1.54, 1.807) is 0 Å². The molecule has 0 N–H and O–H groups in total. The fourth-order valence-electron chi connectivity index (χ4n) is 2.53. The van der Waals surface area contributed by atoms with Gasteiger partial charge >= 0.3 is 0 Å². The molecular weight excluding hydrogens is 232 g/mol. The minimum atomic E-state index is -2.23. The molecule has 2 rings (SSSR count). The first-order chi connectivity index (χ1) is 8.60. The highest BCUT2D eigenvalue weighted by Crippen LogP contribution is 2.25. The molecule has 0 saturated heterocycles.